The predicted molar refractivity (Wildman–Crippen MR) is 125 cm³/mol. The van der Waals surface area contributed by atoms with Crippen LogP contribution in [0, 0.1) is 11.6 Å². The molecule has 0 N–H and O–H groups in total. The number of fused-ring (bicyclic) bond motifs is 1. The number of rotatable bonds is 5. The summed E-state index contributed by atoms with van der Waals surface area (Å²) in [4.78, 5) is 40.1. The van der Waals surface area contributed by atoms with Crippen molar-refractivity contribution in [2.75, 3.05) is 18.1 Å². The largest absolute Gasteiger partial charge is 0.468 e. The second-order valence-corrected chi connectivity index (χ2v) is 7.95. The fourth-order valence-corrected chi connectivity index (χ4v) is 3.78. The third-order valence-electron chi connectivity index (χ3n) is 5.06. The van der Waals surface area contributed by atoms with Gasteiger partial charge in [0.05, 0.1) is 23.4 Å². The van der Waals surface area contributed by atoms with Gasteiger partial charge < -0.3 is 4.74 Å². The zero-order valence-electron chi connectivity index (χ0n) is 17.3. The van der Waals surface area contributed by atoms with Crippen molar-refractivity contribution in [1.29, 1.82) is 0 Å². The van der Waals surface area contributed by atoms with Gasteiger partial charge in [-0.05, 0) is 66.8 Å². The van der Waals surface area contributed by atoms with Gasteiger partial charge in [-0.15, -0.1) is 0 Å². The molecule has 0 bridgehead atoms. The number of amides is 3. The van der Waals surface area contributed by atoms with Gasteiger partial charge >= 0.3 is 0 Å². The van der Waals surface area contributed by atoms with Crippen LogP contribution in [-0.4, -0.2) is 40.9 Å². The molecule has 3 aromatic carbocycles. The molecule has 0 unspecified atom stereocenters. The lowest BCUT2D eigenvalue weighted by Crippen LogP contribution is -2.39. The zero-order valence-corrected chi connectivity index (χ0v) is 18.9. The lowest BCUT2D eigenvalue weighted by atomic mass is 10.1. The smallest absolute Gasteiger partial charge is 0.271 e. The molecule has 4 rings (SSSR count). The van der Waals surface area contributed by atoms with E-state index < -0.39 is 29.4 Å². The Morgan fingerprint density at radius 3 is 2.15 bits per heavy atom. The van der Waals surface area contributed by atoms with Gasteiger partial charge in [0.2, 0.25) is 0 Å². The quantitative estimate of drug-likeness (QED) is 0.369. The normalized spacial score (nSPS) is 12.5. The van der Waals surface area contributed by atoms with Gasteiger partial charge in [0.1, 0.15) is 6.61 Å². The van der Waals surface area contributed by atoms with Crippen molar-refractivity contribution in [2.45, 2.75) is 0 Å². The van der Waals surface area contributed by atoms with E-state index in [4.69, 9.17) is 28.6 Å². The van der Waals surface area contributed by atoms with E-state index in [9.17, 15) is 23.2 Å². The van der Waals surface area contributed by atoms with E-state index in [2.05, 4.69) is 0 Å². The summed E-state index contributed by atoms with van der Waals surface area (Å²) in [7, 11) is 0. The number of thiocarbonyl (C=S) groups is 1. The Morgan fingerprint density at radius 1 is 0.941 bits per heavy atom. The van der Waals surface area contributed by atoms with Crippen molar-refractivity contribution in [2.24, 2.45) is 0 Å². The highest BCUT2D eigenvalue weighted by molar-refractivity contribution is 7.80. The molecule has 1 aliphatic rings. The summed E-state index contributed by atoms with van der Waals surface area (Å²) in [6.45, 7) is -0.306. The van der Waals surface area contributed by atoms with Gasteiger partial charge in [-0.2, -0.15) is 0 Å². The minimum absolute atomic E-state index is 0.111. The molecule has 0 atom stereocenters. The average Bonchev–Trinajstić information content (AvgIpc) is 3.07. The molecule has 1 aliphatic heterocycles. The van der Waals surface area contributed by atoms with Crippen molar-refractivity contribution >= 4 is 52.4 Å². The molecule has 0 saturated heterocycles. The fraction of sp³-hybridized carbons (Fsp3) is 0.0833. The highest BCUT2D eigenvalue weighted by Gasteiger charge is 2.35. The highest BCUT2D eigenvalue weighted by atomic mass is 35.5. The third-order valence-corrected chi connectivity index (χ3v) is 5.61. The highest BCUT2D eigenvalue weighted by Crippen LogP contribution is 2.24. The van der Waals surface area contributed by atoms with Crippen molar-refractivity contribution in [1.82, 2.24) is 4.90 Å². The number of hydrogen-bond acceptors (Lipinski definition) is 5. The zero-order chi connectivity index (χ0) is 24.4. The molecule has 0 spiro atoms. The first kappa shape index (κ1) is 23.5. The van der Waals surface area contributed by atoms with E-state index >= 15 is 0 Å². The summed E-state index contributed by atoms with van der Waals surface area (Å²) < 4.78 is 32.6. The molecule has 172 valence electrons. The standard InChI is InChI=1S/C24H15ClF2N2O4S/c25-15-6-8-16(9-7-15)29(21(30)14-5-10-19(26)20(27)13-14)24(34)33-12-11-28-22(31)17-3-1-2-4-18(17)23(28)32/h1-10,13H,11-12H2. The van der Waals surface area contributed by atoms with E-state index in [-0.39, 0.29) is 29.6 Å². The summed E-state index contributed by atoms with van der Waals surface area (Å²) in [6.07, 6.45) is 0. The van der Waals surface area contributed by atoms with Crippen LogP contribution in [0.1, 0.15) is 31.1 Å². The van der Waals surface area contributed by atoms with Gasteiger partial charge in [0.25, 0.3) is 22.9 Å². The maximum atomic E-state index is 13.7. The maximum Gasteiger partial charge on any atom is 0.271 e. The summed E-state index contributed by atoms with van der Waals surface area (Å²) in [5.41, 5.74) is 0.697. The van der Waals surface area contributed by atoms with Crippen LogP contribution < -0.4 is 4.90 Å². The molecule has 3 amide bonds. The van der Waals surface area contributed by atoms with E-state index in [1.165, 1.54) is 24.3 Å². The second-order valence-electron chi connectivity index (χ2n) is 7.17. The van der Waals surface area contributed by atoms with Gasteiger partial charge in [-0.1, -0.05) is 23.7 Å². The fourth-order valence-electron chi connectivity index (χ4n) is 3.39. The Bertz CT molecular complexity index is 1280. The molecule has 0 aliphatic carbocycles. The van der Waals surface area contributed by atoms with Crippen molar-refractivity contribution in [3.05, 3.63) is 100 Å². The maximum absolute atomic E-state index is 13.7. The second kappa shape index (κ2) is 9.66. The molecule has 10 heteroatoms. The first-order valence-electron chi connectivity index (χ1n) is 9.95. The van der Waals surface area contributed by atoms with Crippen molar-refractivity contribution < 1.29 is 27.9 Å². The van der Waals surface area contributed by atoms with Crippen LogP contribution in [0.2, 0.25) is 5.02 Å². The van der Waals surface area contributed by atoms with Gasteiger partial charge in [-0.25, -0.2) is 13.7 Å². The number of carbonyl (C=O) groups is 3. The van der Waals surface area contributed by atoms with E-state index in [0.717, 1.165) is 28.0 Å². The van der Waals surface area contributed by atoms with Crippen LogP contribution in [0.3, 0.4) is 0 Å². The Hall–Kier alpha value is -3.69. The van der Waals surface area contributed by atoms with E-state index in [1.807, 2.05) is 0 Å². The number of anilines is 1. The average molecular weight is 501 g/mol. The van der Waals surface area contributed by atoms with Gasteiger partial charge in [0, 0.05) is 10.6 Å². The van der Waals surface area contributed by atoms with E-state index in [1.54, 1.807) is 24.3 Å². The first-order valence-corrected chi connectivity index (χ1v) is 10.7. The van der Waals surface area contributed by atoms with Crippen LogP contribution in [0.5, 0.6) is 0 Å². The summed E-state index contributed by atoms with van der Waals surface area (Å²) >= 11 is 11.2. The molecule has 0 saturated carbocycles. The molecular weight excluding hydrogens is 486 g/mol. The van der Waals surface area contributed by atoms with E-state index in [0.29, 0.717) is 16.1 Å². The summed E-state index contributed by atoms with van der Waals surface area (Å²) in [5.74, 6) is -3.98. The Morgan fingerprint density at radius 2 is 1.56 bits per heavy atom. The van der Waals surface area contributed by atoms with Crippen LogP contribution in [-0.2, 0) is 4.74 Å². The van der Waals surface area contributed by atoms with Crippen LogP contribution in [0.15, 0.2) is 66.7 Å². The molecule has 1 heterocycles. The van der Waals surface area contributed by atoms with Crippen LogP contribution >= 0.6 is 23.8 Å². The number of hydrogen-bond donors (Lipinski definition) is 0. The molecule has 0 radical (unpaired) electrons. The van der Waals surface area contributed by atoms with Gasteiger partial charge in [0.15, 0.2) is 11.6 Å². The Kier molecular flexibility index (Phi) is 6.67. The summed E-state index contributed by atoms with van der Waals surface area (Å²) in [5, 5.41) is 0.0927. The van der Waals surface area contributed by atoms with Crippen molar-refractivity contribution in [3.63, 3.8) is 0 Å². The molecule has 6 nitrogen and oxygen atoms in total. The SMILES string of the molecule is O=C1c2ccccc2C(=O)N1CCOC(=S)N(C(=O)c1ccc(F)c(F)c1)c1ccc(Cl)cc1. The Labute approximate surface area is 203 Å². The number of benzene rings is 3. The van der Waals surface area contributed by atoms with Crippen LogP contribution in [0.25, 0.3) is 0 Å². The molecule has 0 fully saturated rings. The number of halogens is 3. The molecular formula is C24H15ClF2N2O4S. The molecule has 0 aromatic heterocycles. The Balaban J connectivity index is 1.51. The minimum atomic E-state index is -1.20. The number of carbonyl (C=O) groups excluding carboxylic acids is 3. The topological polar surface area (TPSA) is 66.9 Å². The molecule has 34 heavy (non-hydrogen) atoms. The first-order chi connectivity index (χ1) is 16.3. The predicted octanol–water partition coefficient (Wildman–Crippen LogP) is 4.86. The number of imide groups is 1. The number of nitrogens with zero attached hydrogens (tertiary/aromatic N) is 2. The van der Waals surface area contributed by atoms with Gasteiger partial charge in [-0.3, -0.25) is 19.3 Å². The van der Waals surface area contributed by atoms with Crippen molar-refractivity contribution in [3.8, 4) is 0 Å². The summed E-state index contributed by atoms with van der Waals surface area (Å²) in [6, 6.07) is 15.2. The van der Waals surface area contributed by atoms with Crippen LogP contribution in [0.4, 0.5) is 14.5 Å². The lowest BCUT2D eigenvalue weighted by molar-refractivity contribution is 0.0627. The lowest BCUT2D eigenvalue weighted by Gasteiger charge is -2.24. The molecule has 3 aromatic rings. The number of ether oxygens (including phenoxy) is 1. The minimum Gasteiger partial charge on any atom is -0.468 e. The monoisotopic (exact) mass is 500 g/mol. The third kappa shape index (κ3) is 4.52.